The molecule has 0 aliphatic heterocycles. The lowest BCUT2D eigenvalue weighted by Gasteiger charge is -2.13. The molecule has 0 aliphatic carbocycles. The number of amides is 1. The molecule has 2 aromatic rings. The highest BCUT2D eigenvalue weighted by molar-refractivity contribution is 7.08. The van der Waals surface area contributed by atoms with E-state index in [1.165, 1.54) is 7.11 Å². The standard InChI is InChI=1S/C14H15ClN2O3S/c1-19-12-5-9(6-17-10-2-3-21-8-10)4-11(15)14(12)20-7-13(16)18/h2-5,8,17H,6-7H2,1H3,(H2,16,18). The molecule has 3 N–H and O–H groups in total. The molecule has 0 fully saturated rings. The molecule has 5 nitrogen and oxygen atoms in total. The first-order valence-electron chi connectivity index (χ1n) is 6.13. The largest absolute Gasteiger partial charge is 0.493 e. The van der Waals surface area contributed by atoms with Crippen LogP contribution in [0.3, 0.4) is 0 Å². The van der Waals surface area contributed by atoms with Gasteiger partial charge in [-0.3, -0.25) is 4.79 Å². The van der Waals surface area contributed by atoms with Crippen molar-refractivity contribution in [2.45, 2.75) is 6.54 Å². The highest BCUT2D eigenvalue weighted by Crippen LogP contribution is 2.36. The van der Waals surface area contributed by atoms with Crippen molar-refractivity contribution in [1.82, 2.24) is 0 Å². The second-order valence-corrected chi connectivity index (χ2v) is 5.42. The summed E-state index contributed by atoms with van der Waals surface area (Å²) in [6.45, 7) is 0.353. The van der Waals surface area contributed by atoms with Crippen LogP contribution < -0.4 is 20.5 Å². The minimum atomic E-state index is -0.573. The van der Waals surface area contributed by atoms with Gasteiger partial charge in [-0.05, 0) is 29.1 Å². The van der Waals surface area contributed by atoms with E-state index in [9.17, 15) is 4.79 Å². The monoisotopic (exact) mass is 326 g/mol. The van der Waals surface area contributed by atoms with Crippen LogP contribution in [0, 0.1) is 0 Å². The topological polar surface area (TPSA) is 73.6 Å². The van der Waals surface area contributed by atoms with Gasteiger partial charge in [-0.2, -0.15) is 11.3 Å². The van der Waals surface area contributed by atoms with Gasteiger partial charge in [-0.15, -0.1) is 0 Å². The van der Waals surface area contributed by atoms with E-state index in [-0.39, 0.29) is 6.61 Å². The van der Waals surface area contributed by atoms with Gasteiger partial charge in [0.1, 0.15) is 0 Å². The van der Waals surface area contributed by atoms with Crippen molar-refractivity contribution < 1.29 is 14.3 Å². The van der Waals surface area contributed by atoms with Crippen LogP contribution in [0.2, 0.25) is 5.02 Å². The summed E-state index contributed by atoms with van der Waals surface area (Å²) in [6.07, 6.45) is 0. The lowest BCUT2D eigenvalue weighted by molar-refractivity contribution is -0.119. The molecule has 2 rings (SSSR count). The number of halogens is 1. The zero-order valence-electron chi connectivity index (χ0n) is 11.4. The molecule has 0 unspecified atom stereocenters. The Hall–Kier alpha value is -1.92. The smallest absolute Gasteiger partial charge is 0.255 e. The molecule has 0 atom stereocenters. The molecular weight excluding hydrogens is 312 g/mol. The Morgan fingerprint density at radius 3 is 2.90 bits per heavy atom. The fourth-order valence-electron chi connectivity index (χ4n) is 1.73. The third-order valence-corrected chi connectivity index (χ3v) is 3.63. The molecule has 0 saturated carbocycles. The van der Waals surface area contributed by atoms with Gasteiger partial charge in [-0.1, -0.05) is 11.6 Å². The molecule has 0 bridgehead atoms. The predicted molar refractivity (Wildman–Crippen MR) is 84.3 cm³/mol. The summed E-state index contributed by atoms with van der Waals surface area (Å²) in [4.78, 5) is 10.8. The summed E-state index contributed by atoms with van der Waals surface area (Å²) in [5.41, 5.74) is 7.04. The van der Waals surface area contributed by atoms with E-state index in [0.29, 0.717) is 23.1 Å². The number of carbonyl (C=O) groups is 1. The van der Waals surface area contributed by atoms with Crippen LogP contribution in [0.4, 0.5) is 5.69 Å². The molecular formula is C14H15ClN2O3S. The Balaban J connectivity index is 2.13. The molecule has 0 aliphatic rings. The first kappa shape index (κ1) is 15.5. The Bertz CT molecular complexity index is 617. The van der Waals surface area contributed by atoms with Crippen LogP contribution in [0.25, 0.3) is 0 Å². The number of ether oxygens (including phenoxy) is 2. The van der Waals surface area contributed by atoms with Crippen LogP contribution in [-0.4, -0.2) is 19.6 Å². The number of rotatable bonds is 7. The SMILES string of the molecule is COc1cc(CNc2ccsc2)cc(Cl)c1OCC(N)=O. The zero-order valence-corrected chi connectivity index (χ0v) is 13.0. The van der Waals surface area contributed by atoms with Crippen LogP contribution in [0.5, 0.6) is 11.5 Å². The number of hydrogen-bond donors (Lipinski definition) is 2. The van der Waals surface area contributed by atoms with Gasteiger partial charge in [-0.25, -0.2) is 0 Å². The summed E-state index contributed by atoms with van der Waals surface area (Å²) in [6, 6.07) is 5.56. The Morgan fingerprint density at radius 2 is 2.29 bits per heavy atom. The summed E-state index contributed by atoms with van der Waals surface area (Å²) < 4.78 is 10.5. The van der Waals surface area contributed by atoms with E-state index in [4.69, 9.17) is 26.8 Å². The van der Waals surface area contributed by atoms with Gasteiger partial charge in [0.25, 0.3) is 5.91 Å². The first-order valence-corrected chi connectivity index (χ1v) is 7.46. The Kier molecular flexibility index (Phi) is 5.30. The maximum Gasteiger partial charge on any atom is 0.255 e. The van der Waals surface area contributed by atoms with Crippen LogP contribution in [0.1, 0.15) is 5.56 Å². The fourth-order valence-corrected chi connectivity index (χ4v) is 2.63. The molecule has 1 amide bonds. The second-order valence-electron chi connectivity index (χ2n) is 4.23. The highest BCUT2D eigenvalue weighted by Gasteiger charge is 2.13. The lowest BCUT2D eigenvalue weighted by Crippen LogP contribution is -2.20. The third kappa shape index (κ3) is 4.27. The van der Waals surface area contributed by atoms with Crippen molar-refractivity contribution in [1.29, 1.82) is 0 Å². The fraction of sp³-hybridized carbons (Fsp3) is 0.214. The van der Waals surface area contributed by atoms with Crippen molar-refractivity contribution in [2.24, 2.45) is 5.73 Å². The minimum Gasteiger partial charge on any atom is -0.493 e. The van der Waals surface area contributed by atoms with Crippen molar-refractivity contribution in [3.8, 4) is 11.5 Å². The molecule has 1 aromatic heterocycles. The molecule has 7 heteroatoms. The number of nitrogens with two attached hydrogens (primary N) is 1. The van der Waals surface area contributed by atoms with Gasteiger partial charge in [0.15, 0.2) is 18.1 Å². The number of thiophene rings is 1. The molecule has 1 heterocycles. The van der Waals surface area contributed by atoms with Crippen LogP contribution in [-0.2, 0) is 11.3 Å². The molecule has 112 valence electrons. The summed E-state index contributed by atoms with van der Waals surface area (Å²) in [5.74, 6) is 0.208. The van der Waals surface area contributed by atoms with E-state index in [1.807, 2.05) is 22.9 Å². The van der Waals surface area contributed by atoms with E-state index in [1.54, 1.807) is 17.4 Å². The molecule has 0 spiro atoms. The number of nitrogens with one attached hydrogen (secondary N) is 1. The molecule has 0 saturated heterocycles. The normalized spacial score (nSPS) is 10.2. The predicted octanol–water partition coefficient (Wildman–Crippen LogP) is 2.89. The van der Waals surface area contributed by atoms with Gasteiger partial charge in [0.2, 0.25) is 0 Å². The number of benzene rings is 1. The minimum absolute atomic E-state index is 0.247. The zero-order chi connectivity index (χ0) is 15.2. The maximum atomic E-state index is 10.8. The van der Waals surface area contributed by atoms with Gasteiger partial charge in [0.05, 0.1) is 12.1 Å². The van der Waals surface area contributed by atoms with E-state index in [0.717, 1.165) is 11.3 Å². The van der Waals surface area contributed by atoms with E-state index < -0.39 is 5.91 Å². The highest BCUT2D eigenvalue weighted by atomic mass is 35.5. The number of anilines is 1. The van der Waals surface area contributed by atoms with Crippen molar-refractivity contribution in [3.63, 3.8) is 0 Å². The average molecular weight is 327 g/mol. The number of methoxy groups -OCH3 is 1. The van der Waals surface area contributed by atoms with E-state index in [2.05, 4.69) is 5.32 Å². The third-order valence-electron chi connectivity index (χ3n) is 2.67. The summed E-state index contributed by atoms with van der Waals surface area (Å²) in [7, 11) is 1.51. The van der Waals surface area contributed by atoms with Crippen LogP contribution in [0.15, 0.2) is 29.0 Å². The summed E-state index contributed by atoms with van der Waals surface area (Å²) in [5, 5.41) is 7.66. The Morgan fingerprint density at radius 1 is 1.48 bits per heavy atom. The first-order chi connectivity index (χ1) is 10.1. The number of primary amides is 1. The maximum absolute atomic E-state index is 10.8. The van der Waals surface area contributed by atoms with Gasteiger partial charge in [0, 0.05) is 17.6 Å². The number of hydrogen-bond acceptors (Lipinski definition) is 5. The average Bonchev–Trinajstić information content (AvgIpc) is 2.96. The van der Waals surface area contributed by atoms with E-state index >= 15 is 0 Å². The lowest BCUT2D eigenvalue weighted by atomic mass is 10.2. The molecule has 21 heavy (non-hydrogen) atoms. The molecule has 1 aromatic carbocycles. The van der Waals surface area contributed by atoms with Crippen molar-refractivity contribution >= 4 is 34.5 Å². The van der Waals surface area contributed by atoms with Crippen LogP contribution >= 0.6 is 22.9 Å². The van der Waals surface area contributed by atoms with Crippen molar-refractivity contribution in [3.05, 3.63) is 39.5 Å². The quantitative estimate of drug-likeness (QED) is 0.820. The number of carbonyl (C=O) groups excluding carboxylic acids is 1. The Labute approximate surface area is 131 Å². The van der Waals surface area contributed by atoms with Gasteiger partial charge >= 0.3 is 0 Å². The van der Waals surface area contributed by atoms with Gasteiger partial charge < -0.3 is 20.5 Å². The summed E-state index contributed by atoms with van der Waals surface area (Å²) >= 11 is 7.79. The molecule has 0 radical (unpaired) electrons. The van der Waals surface area contributed by atoms with Crippen molar-refractivity contribution in [2.75, 3.05) is 19.0 Å². The second kappa shape index (κ2) is 7.19.